The molecule has 0 amide bonds. The summed E-state index contributed by atoms with van der Waals surface area (Å²) in [5, 5.41) is 10.6. The fraction of sp³-hybridized carbons (Fsp3) is 0.950. The Balaban J connectivity index is 5.22. The highest BCUT2D eigenvalue weighted by atomic mass is 31.2. The minimum Gasteiger partial charge on any atom is -0.462 e. The molecule has 0 rings (SSSR count). The van der Waals surface area contributed by atoms with Crippen LogP contribution >= 0.6 is 15.6 Å². The van der Waals surface area contributed by atoms with Crippen LogP contribution in [0.25, 0.3) is 0 Å². The molecule has 0 saturated heterocycles. The van der Waals surface area contributed by atoms with Gasteiger partial charge in [-0.15, -0.1) is 0 Å². The summed E-state index contributed by atoms with van der Waals surface area (Å²) in [5.74, 6) is -0.553. The minimum atomic E-state index is -4.96. The first-order valence-electron chi connectivity index (χ1n) is 41.5. The average Bonchev–Trinajstić information content (AvgIpc) is 1.02. The molecule has 0 spiro atoms. The first-order chi connectivity index (χ1) is 47.9. The highest BCUT2D eigenvalue weighted by molar-refractivity contribution is 7.47. The van der Waals surface area contributed by atoms with Crippen LogP contribution in [0.3, 0.4) is 0 Å². The molecule has 0 aliphatic carbocycles. The molecule has 0 bridgehead atoms. The van der Waals surface area contributed by atoms with Crippen molar-refractivity contribution in [1.82, 2.24) is 0 Å². The fourth-order valence-electron chi connectivity index (χ4n) is 12.4. The molecule has 0 saturated carbocycles. The molecule has 99 heavy (non-hydrogen) atoms. The monoisotopic (exact) mass is 1450 g/mol. The molecule has 3 N–H and O–H groups in total. The van der Waals surface area contributed by atoms with Crippen LogP contribution < -0.4 is 0 Å². The van der Waals surface area contributed by atoms with E-state index in [-0.39, 0.29) is 25.7 Å². The highest BCUT2D eigenvalue weighted by Gasteiger charge is 2.30. The molecule has 0 radical (unpaired) electrons. The van der Waals surface area contributed by atoms with Crippen molar-refractivity contribution in [3.05, 3.63) is 0 Å². The minimum absolute atomic E-state index is 0.106. The second kappa shape index (κ2) is 71.7. The lowest BCUT2D eigenvalue weighted by molar-refractivity contribution is -0.161. The predicted molar refractivity (Wildman–Crippen MR) is 405 cm³/mol. The lowest BCUT2D eigenvalue weighted by atomic mass is 10.0. The zero-order valence-electron chi connectivity index (χ0n) is 64.8. The number of phosphoric acid groups is 2. The third-order valence-electron chi connectivity index (χ3n) is 18.7. The largest absolute Gasteiger partial charge is 0.472 e. The Kier molecular flexibility index (Phi) is 70.3. The number of carbonyl (C=O) groups excluding carboxylic acids is 4. The quantitative estimate of drug-likeness (QED) is 0.0222. The SMILES string of the molecule is CCCCCCCCCCCCCCCCCCCCCC(=O)O[C@H](COC(=O)CCCCCCCCCCCCCCCCCC(C)C)COP(=O)(O)OC[C@@H](O)COP(=O)(O)OC[C@@H](COC(=O)CCCCCCCCCCC)OC(=O)CCCCCCCCCCCCC(C)C. The summed E-state index contributed by atoms with van der Waals surface area (Å²) in [6.45, 7) is 9.63. The molecule has 0 fully saturated rings. The Labute approximate surface area is 607 Å². The molecule has 0 aliphatic heterocycles. The number of rotatable bonds is 79. The smallest absolute Gasteiger partial charge is 0.462 e. The number of phosphoric ester groups is 2. The average molecular weight is 1450 g/mol. The van der Waals surface area contributed by atoms with Crippen molar-refractivity contribution in [2.24, 2.45) is 11.8 Å². The number of carbonyl (C=O) groups is 4. The zero-order valence-corrected chi connectivity index (χ0v) is 66.6. The standard InChI is InChI=1S/C80H156O17P2/c1-7-9-11-13-15-17-18-19-20-21-22-23-26-30-33-40-46-52-58-64-79(84)96-76(69-91-78(83)63-57-51-45-39-32-29-27-24-25-28-31-37-42-48-54-60-72(3)4)71-95-99(88,89)93-67-74(81)66-92-98(86,87)94-70-75(68-90-77(82)62-56-50-44-36-16-14-12-10-8-2)97-80(85)65-59-53-47-41-35-34-38-43-49-55-61-73(5)6/h72-76,81H,7-71H2,1-6H3,(H,86,87)(H,88,89)/t74-,75+,76+/m0/s1. The Hall–Kier alpha value is -1.94. The van der Waals surface area contributed by atoms with Crippen LogP contribution in [0, 0.1) is 11.8 Å². The Morgan fingerprint density at radius 3 is 0.687 bits per heavy atom. The molecule has 588 valence electrons. The third kappa shape index (κ3) is 74.1. The van der Waals surface area contributed by atoms with Crippen molar-refractivity contribution in [2.75, 3.05) is 39.6 Å². The van der Waals surface area contributed by atoms with Gasteiger partial charge in [0.15, 0.2) is 12.2 Å². The van der Waals surface area contributed by atoms with Crippen molar-refractivity contribution in [2.45, 2.75) is 439 Å². The Morgan fingerprint density at radius 2 is 0.465 bits per heavy atom. The van der Waals surface area contributed by atoms with E-state index < -0.39 is 97.5 Å². The second-order valence-corrected chi connectivity index (χ2v) is 32.7. The lowest BCUT2D eigenvalue weighted by Gasteiger charge is -2.21. The maximum absolute atomic E-state index is 13.1. The molecule has 0 aromatic rings. The number of hydrogen-bond acceptors (Lipinski definition) is 15. The molecular weight excluding hydrogens is 1290 g/mol. The van der Waals surface area contributed by atoms with Gasteiger partial charge in [-0.3, -0.25) is 37.3 Å². The number of aliphatic hydroxyl groups is 1. The van der Waals surface area contributed by atoms with E-state index in [1.54, 1.807) is 0 Å². The van der Waals surface area contributed by atoms with E-state index in [1.807, 2.05) is 0 Å². The van der Waals surface area contributed by atoms with Crippen LogP contribution in [0.1, 0.15) is 420 Å². The predicted octanol–water partition coefficient (Wildman–Crippen LogP) is 23.9. The van der Waals surface area contributed by atoms with Crippen molar-refractivity contribution >= 4 is 39.5 Å². The van der Waals surface area contributed by atoms with Crippen LogP contribution in [0.15, 0.2) is 0 Å². The van der Waals surface area contributed by atoms with Gasteiger partial charge in [-0.05, 0) is 37.5 Å². The van der Waals surface area contributed by atoms with Crippen molar-refractivity contribution < 1.29 is 80.2 Å². The molecule has 0 heterocycles. The van der Waals surface area contributed by atoms with Gasteiger partial charge in [0.1, 0.15) is 19.3 Å². The van der Waals surface area contributed by atoms with Crippen LogP contribution in [-0.2, 0) is 65.4 Å². The van der Waals surface area contributed by atoms with Crippen LogP contribution in [-0.4, -0.2) is 96.7 Å². The number of esters is 4. The summed E-state index contributed by atoms with van der Waals surface area (Å²) < 4.78 is 68.6. The normalized spacial score (nSPS) is 13.9. The second-order valence-electron chi connectivity index (χ2n) is 29.8. The molecule has 19 heteroatoms. The summed E-state index contributed by atoms with van der Waals surface area (Å²) in [7, 11) is -9.92. The van der Waals surface area contributed by atoms with Gasteiger partial charge in [0.2, 0.25) is 0 Å². The number of unbranched alkanes of at least 4 members (excludes halogenated alkanes) is 49. The summed E-state index contributed by atoms with van der Waals surface area (Å²) in [6, 6.07) is 0. The molecular formula is C80H156O17P2. The van der Waals surface area contributed by atoms with E-state index in [2.05, 4.69) is 41.5 Å². The summed E-state index contributed by atoms with van der Waals surface area (Å²) in [5.41, 5.74) is 0. The van der Waals surface area contributed by atoms with Gasteiger partial charge in [0, 0.05) is 25.7 Å². The molecule has 0 aliphatic rings. The van der Waals surface area contributed by atoms with E-state index >= 15 is 0 Å². The zero-order chi connectivity index (χ0) is 72.8. The summed E-state index contributed by atoms with van der Waals surface area (Å²) in [6.07, 6.45) is 61.1. The maximum atomic E-state index is 13.1. The van der Waals surface area contributed by atoms with Crippen molar-refractivity contribution in [1.29, 1.82) is 0 Å². The van der Waals surface area contributed by atoms with E-state index in [9.17, 15) is 43.2 Å². The van der Waals surface area contributed by atoms with Gasteiger partial charge in [0.25, 0.3) is 0 Å². The van der Waals surface area contributed by atoms with Crippen molar-refractivity contribution in [3.63, 3.8) is 0 Å². The number of aliphatic hydroxyl groups excluding tert-OH is 1. The van der Waals surface area contributed by atoms with E-state index in [4.69, 9.17) is 37.0 Å². The molecule has 5 atom stereocenters. The first-order valence-corrected chi connectivity index (χ1v) is 44.5. The molecule has 2 unspecified atom stereocenters. The Morgan fingerprint density at radius 1 is 0.273 bits per heavy atom. The summed E-state index contributed by atoms with van der Waals surface area (Å²) in [4.78, 5) is 72.9. The van der Waals surface area contributed by atoms with Gasteiger partial charge in [0.05, 0.1) is 26.4 Å². The van der Waals surface area contributed by atoms with Gasteiger partial charge in [-0.1, -0.05) is 369 Å². The van der Waals surface area contributed by atoms with Crippen LogP contribution in [0.5, 0.6) is 0 Å². The fourth-order valence-corrected chi connectivity index (χ4v) is 13.9. The van der Waals surface area contributed by atoms with Crippen molar-refractivity contribution in [3.8, 4) is 0 Å². The number of ether oxygens (including phenoxy) is 4. The van der Waals surface area contributed by atoms with E-state index in [1.165, 1.54) is 238 Å². The number of hydrogen-bond donors (Lipinski definition) is 3. The highest BCUT2D eigenvalue weighted by Crippen LogP contribution is 2.45. The van der Waals surface area contributed by atoms with Gasteiger partial charge in [-0.25, -0.2) is 9.13 Å². The Bertz CT molecular complexity index is 1910. The van der Waals surface area contributed by atoms with Crippen LogP contribution in [0.2, 0.25) is 0 Å². The van der Waals surface area contributed by atoms with Crippen LogP contribution in [0.4, 0.5) is 0 Å². The molecule has 17 nitrogen and oxygen atoms in total. The third-order valence-corrected chi connectivity index (χ3v) is 20.6. The molecule has 0 aromatic carbocycles. The van der Waals surface area contributed by atoms with Gasteiger partial charge < -0.3 is 33.8 Å². The van der Waals surface area contributed by atoms with Gasteiger partial charge in [-0.2, -0.15) is 0 Å². The van der Waals surface area contributed by atoms with E-state index in [0.717, 1.165) is 102 Å². The lowest BCUT2D eigenvalue weighted by Crippen LogP contribution is -2.30. The van der Waals surface area contributed by atoms with Gasteiger partial charge >= 0.3 is 39.5 Å². The maximum Gasteiger partial charge on any atom is 0.472 e. The topological polar surface area (TPSA) is 237 Å². The summed E-state index contributed by atoms with van der Waals surface area (Å²) >= 11 is 0. The first kappa shape index (κ1) is 97.1. The van der Waals surface area contributed by atoms with E-state index in [0.29, 0.717) is 25.7 Å². The molecule has 0 aromatic heterocycles.